The van der Waals surface area contributed by atoms with Gasteiger partial charge in [-0.05, 0) is 44.4 Å². The van der Waals surface area contributed by atoms with Crippen LogP contribution >= 0.6 is 0 Å². The molecule has 0 saturated heterocycles. The lowest BCUT2D eigenvalue weighted by atomic mass is 9.86. The van der Waals surface area contributed by atoms with Gasteiger partial charge in [-0.25, -0.2) is 0 Å². The molecule has 1 saturated carbocycles. The van der Waals surface area contributed by atoms with Gasteiger partial charge in [0.05, 0.1) is 5.69 Å². The Kier molecular flexibility index (Phi) is 5.61. The third-order valence-electron chi connectivity index (χ3n) is 4.70. The van der Waals surface area contributed by atoms with Crippen LogP contribution in [0.3, 0.4) is 0 Å². The van der Waals surface area contributed by atoms with Gasteiger partial charge >= 0.3 is 0 Å². The van der Waals surface area contributed by atoms with Crippen molar-refractivity contribution < 1.29 is 5.11 Å². The number of aliphatic hydroxyl groups is 1. The maximum absolute atomic E-state index is 9.19. The first-order valence-corrected chi connectivity index (χ1v) is 8.07. The molecule has 114 valence electrons. The fourth-order valence-electron chi connectivity index (χ4n) is 3.39. The van der Waals surface area contributed by atoms with Crippen LogP contribution in [0.5, 0.6) is 0 Å². The summed E-state index contributed by atoms with van der Waals surface area (Å²) in [6, 6.07) is 0.604. The Morgan fingerprint density at radius 1 is 1.20 bits per heavy atom. The molecule has 1 aromatic rings. The van der Waals surface area contributed by atoms with Gasteiger partial charge in [-0.1, -0.05) is 13.8 Å². The van der Waals surface area contributed by atoms with Crippen molar-refractivity contribution >= 4 is 0 Å². The highest BCUT2D eigenvalue weighted by Gasteiger charge is 2.21. The standard InChI is InChI=1S/C16H29N3O/c1-4-15-14(16(5-2)19(3)18-15)10-17-13-8-6-12(11-20)7-9-13/h12-13,17,20H,4-11H2,1-3H3. The molecule has 1 aromatic heterocycles. The van der Waals surface area contributed by atoms with Gasteiger partial charge in [-0.3, -0.25) is 4.68 Å². The average molecular weight is 279 g/mol. The number of aromatic nitrogens is 2. The summed E-state index contributed by atoms with van der Waals surface area (Å²) in [5.41, 5.74) is 4.00. The molecule has 1 aliphatic rings. The Hall–Kier alpha value is -0.870. The van der Waals surface area contributed by atoms with E-state index < -0.39 is 0 Å². The molecule has 0 amide bonds. The first-order valence-electron chi connectivity index (χ1n) is 8.07. The molecule has 0 atom stereocenters. The number of nitrogens with one attached hydrogen (secondary N) is 1. The monoisotopic (exact) mass is 279 g/mol. The minimum Gasteiger partial charge on any atom is -0.396 e. The molecule has 0 spiro atoms. The van der Waals surface area contributed by atoms with Gasteiger partial charge in [0.15, 0.2) is 0 Å². The molecule has 0 unspecified atom stereocenters. The summed E-state index contributed by atoms with van der Waals surface area (Å²) < 4.78 is 2.04. The lowest BCUT2D eigenvalue weighted by molar-refractivity contribution is 0.175. The average Bonchev–Trinajstić information content (AvgIpc) is 2.80. The van der Waals surface area contributed by atoms with Crippen molar-refractivity contribution in [2.24, 2.45) is 13.0 Å². The summed E-state index contributed by atoms with van der Waals surface area (Å²) in [4.78, 5) is 0. The highest BCUT2D eigenvalue weighted by atomic mass is 16.3. The van der Waals surface area contributed by atoms with Crippen molar-refractivity contribution in [1.82, 2.24) is 15.1 Å². The molecule has 20 heavy (non-hydrogen) atoms. The van der Waals surface area contributed by atoms with Crippen LogP contribution in [-0.4, -0.2) is 27.5 Å². The zero-order chi connectivity index (χ0) is 14.5. The molecule has 0 aliphatic heterocycles. The first kappa shape index (κ1) is 15.5. The van der Waals surface area contributed by atoms with Crippen LogP contribution in [0.1, 0.15) is 56.5 Å². The number of aryl methyl sites for hydroxylation is 2. The number of rotatable bonds is 6. The smallest absolute Gasteiger partial charge is 0.0669 e. The minimum atomic E-state index is 0.356. The summed E-state index contributed by atoms with van der Waals surface area (Å²) in [6.45, 7) is 5.67. The summed E-state index contributed by atoms with van der Waals surface area (Å²) in [7, 11) is 2.05. The van der Waals surface area contributed by atoms with Crippen LogP contribution in [0.25, 0.3) is 0 Å². The zero-order valence-corrected chi connectivity index (χ0v) is 13.2. The van der Waals surface area contributed by atoms with E-state index >= 15 is 0 Å². The van der Waals surface area contributed by atoms with Gasteiger partial charge in [-0.15, -0.1) is 0 Å². The van der Waals surface area contributed by atoms with Crippen LogP contribution in [0.15, 0.2) is 0 Å². The molecule has 0 radical (unpaired) electrons. The van der Waals surface area contributed by atoms with Gasteiger partial charge in [0, 0.05) is 37.5 Å². The van der Waals surface area contributed by atoms with E-state index in [1.807, 2.05) is 11.7 Å². The number of hydrogen-bond acceptors (Lipinski definition) is 3. The predicted molar refractivity (Wildman–Crippen MR) is 81.6 cm³/mol. The molecule has 0 bridgehead atoms. The van der Waals surface area contributed by atoms with Gasteiger partial charge in [0.25, 0.3) is 0 Å². The highest BCUT2D eigenvalue weighted by Crippen LogP contribution is 2.24. The second kappa shape index (κ2) is 7.23. The normalized spacial score (nSPS) is 23.2. The summed E-state index contributed by atoms with van der Waals surface area (Å²) in [6.07, 6.45) is 6.73. The van der Waals surface area contributed by atoms with Crippen molar-refractivity contribution in [2.75, 3.05) is 6.61 Å². The molecular weight excluding hydrogens is 250 g/mol. The largest absolute Gasteiger partial charge is 0.396 e. The van der Waals surface area contributed by atoms with Crippen molar-refractivity contribution in [3.63, 3.8) is 0 Å². The Labute approximate surface area is 122 Å². The summed E-state index contributed by atoms with van der Waals surface area (Å²) in [5.74, 6) is 0.531. The third kappa shape index (κ3) is 3.41. The number of aliphatic hydroxyl groups excluding tert-OH is 1. The molecular formula is C16H29N3O. The third-order valence-corrected chi connectivity index (χ3v) is 4.70. The van der Waals surface area contributed by atoms with Crippen LogP contribution < -0.4 is 5.32 Å². The van der Waals surface area contributed by atoms with Crippen LogP contribution in [0.2, 0.25) is 0 Å². The lowest BCUT2D eigenvalue weighted by Gasteiger charge is -2.28. The highest BCUT2D eigenvalue weighted by molar-refractivity contribution is 5.26. The minimum absolute atomic E-state index is 0.356. The van der Waals surface area contributed by atoms with Crippen molar-refractivity contribution in [3.8, 4) is 0 Å². The van der Waals surface area contributed by atoms with Crippen LogP contribution in [0.4, 0.5) is 0 Å². The second-order valence-corrected chi connectivity index (χ2v) is 5.98. The van der Waals surface area contributed by atoms with Crippen LogP contribution in [0, 0.1) is 5.92 Å². The van der Waals surface area contributed by atoms with Crippen molar-refractivity contribution in [1.29, 1.82) is 0 Å². The van der Waals surface area contributed by atoms with Gasteiger partial charge in [0.1, 0.15) is 0 Å². The molecule has 2 N–H and O–H groups in total. The molecule has 1 fully saturated rings. The van der Waals surface area contributed by atoms with Crippen molar-refractivity contribution in [2.45, 2.75) is 65.0 Å². The van der Waals surface area contributed by atoms with E-state index in [0.29, 0.717) is 18.6 Å². The van der Waals surface area contributed by atoms with E-state index in [1.165, 1.54) is 29.8 Å². The first-order chi connectivity index (χ1) is 9.69. The van der Waals surface area contributed by atoms with E-state index in [-0.39, 0.29) is 0 Å². The van der Waals surface area contributed by atoms with Crippen molar-refractivity contribution in [3.05, 3.63) is 17.0 Å². The summed E-state index contributed by atoms with van der Waals surface area (Å²) >= 11 is 0. The molecule has 4 nitrogen and oxygen atoms in total. The maximum Gasteiger partial charge on any atom is 0.0669 e. The molecule has 1 heterocycles. The Morgan fingerprint density at radius 2 is 1.90 bits per heavy atom. The fourth-order valence-corrected chi connectivity index (χ4v) is 3.39. The number of nitrogens with zero attached hydrogens (tertiary/aromatic N) is 2. The molecule has 4 heteroatoms. The number of hydrogen-bond donors (Lipinski definition) is 2. The SMILES string of the molecule is CCc1nn(C)c(CC)c1CNC1CCC(CO)CC1. The molecule has 2 rings (SSSR count). The fraction of sp³-hybridized carbons (Fsp3) is 0.812. The van der Waals surface area contributed by atoms with E-state index in [9.17, 15) is 5.11 Å². The summed E-state index contributed by atoms with van der Waals surface area (Å²) in [5, 5.41) is 17.5. The van der Waals surface area contributed by atoms with E-state index in [4.69, 9.17) is 0 Å². The quantitative estimate of drug-likeness (QED) is 0.839. The second-order valence-electron chi connectivity index (χ2n) is 5.98. The maximum atomic E-state index is 9.19. The Bertz CT molecular complexity index is 420. The Balaban J connectivity index is 1.94. The zero-order valence-electron chi connectivity index (χ0n) is 13.2. The molecule has 0 aromatic carbocycles. The topological polar surface area (TPSA) is 50.1 Å². The molecule has 1 aliphatic carbocycles. The van der Waals surface area contributed by atoms with E-state index in [1.54, 1.807) is 0 Å². The van der Waals surface area contributed by atoms with Crippen LogP contribution in [-0.2, 0) is 26.4 Å². The van der Waals surface area contributed by atoms with Gasteiger partial charge < -0.3 is 10.4 Å². The predicted octanol–water partition coefficient (Wildman–Crippen LogP) is 2.19. The van der Waals surface area contributed by atoms with Gasteiger partial charge in [0.2, 0.25) is 0 Å². The lowest BCUT2D eigenvalue weighted by Crippen LogP contribution is -2.33. The van der Waals surface area contributed by atoms with E-state index in [2.05, 4.69) is 24.3 Å². The van der Waals surface area contributed by atoms with E-state index in [0.717, 1.165) is 32.2 Å². The Morgan fingerprint density at radius 3 is 2.45 bits per heavy atom. The van der Waals surface area contributed by atoms with Gasteiger partial charge in [-0.2, -0.15) is 5.10 Å².